The summed E-state index contributed by atoms with van der Waals surface area (Å²) in [5, 5.41) is 12.2. The number of hydrogen-bond donors (Lipinski definition) is 2. The number of aromatic nitrogens is 1. The van der Waals surface area contributed by atoms with Crippen LogP contribution in [0.15, 0.2) is 60.8 Å². The van der Waals surface area contributed by atoms with Gasteiger partial charge in [0.05, 0.1) is 12.2 Å². The third kappa shape index (κ3) is 6.22. The van der Waals surface area contributed by atoms with Crippen LogP contribution in [-0.2, 0) is 29.6 Å². The number of ether oxygens (including phenoxy) is 1. The predicted molar refractivity (Wildman–Crippen MR) is 140 cm³/mol. The van der Waals surface area contributed by atoms with Crippen LogP contribution < -0.4 is 10.1 Å². The number of nitrogens with one attached hydrogen (secondary N) is 1. The molecule has 7 heteroatoms. The van der Waals surface area contributed by atoms with Gasteiger partial charge in [0.2, 0.25) is 5.91 Å². The van der Waals surface area contributed by atoms with Gasteiger partial charge >= 0.3 is 6.09 Å². The summed E-state index contributed by atoms with van der Waals surface area (Å²) in [6.07, 6.45) is 2.90. The van der Waals surface area contributed by atoms with Gasteiger partial charge < -0.3 is 20.1 Å². The highest BCUT2D eigenvalue weighted by Crippen LogP contribution is 2.32. The van der Waals surface area contributed by atoms with Gasteiger partial charge in [-0.1, -0.05) is 39.0 Å². The van der Waals surface area contributed by atoms with E-state index in [1.165, 1.54) is 18.2 Å². The van der Waals surface area contributed by atoms with Crippen LogP contribution in [0, 0.1) is 5.92 Å². The van der Waals surface area contributed by atoms with E-state index >= 15 is 0 Å². The topological polar surface area (TPSA) is 91.8 Å². The van der Waals surface area contributed by atoms with E-state index in [0.717, 1.165) is 29.0 Å². The van der Waals surface area contributed by atoms with Crippen LogP contribution in [0.3, 0.4) is 0 Å². The summed E-state index contributed by atoms with van der Waals surface area (Å²) in [4.78, 5) is 29.6. The summed E-state index contributed by atoms with van der Waals surface area (Å²) in [6, 6.07) is 17.5. The van der Waals surface area contributed by atoms with Crippen molar-refractivity contribution in [3.8, 4) is 11.5 Å². The molecule has 0 saturated heterocycles. The summed E-state index contributed by atoms with van der Waals surface area (Å²) in [6.45, 7) is 6.65. The van der Waals surface area contributed by atoms with Gasteiger partial charge in [0, 0.05) is 30.9 Å². The number of hydrogen-bond acceptors (Lipinski definition) is 4. The number of pyridine rings is 1. The van der Waals surface area contributed by atoms with Gasteiger partial charge in [-0.05, 0) is 71.7 Å². The van der Waals surface area contributed by atoms with Crippen molar-refractivity contribution in [3.63, 3.8) is 0 Å². The molecule has 3 aromatic rings. The first-order chi connectivity index (χ1) is 17.1. The number of benzene rings is 2. The molecule has 0 saturated carbocycles. The molecular weight excluding hydrogens is 454 g/mol. The first kappa shape index (κ1) is 25.2. The fourth-order valence-electron chi connectivity index (χ4n) is 4.38. The van der Waals surface area contributed by atoms with E-state index in [9.17, 15) is 9.59 Å². The van der Waals surface area contributed by atoms with Crippen molar-refractivity contribution in [3.05, 3.63) is 83.2 Å². The second kappa shape index (κ2) is 10.4. The molecule has 1 aliphatic rings. The van der Waals surface area contributed by atoms with Crippen LogP contribution in [0.25, 0.3) is 0 Å². The Hall–Kier alpha value is -3.87. The fraction of sp³-hybridized carbons (Fsp3) is 0.345. The molecule has 2 N–H and O–H groups in total. The average molecular weight is 488 g/mol. The lowest BCUT2D eigenvalue weighted by molar-refractivity contribution is -0.120. The zero-order valence-corrected chi connectivity index (χ0v) is 21.2. The van der Waals surface area contributed by atoms with Crippen LogP contribution in [0.2, 0.25) is 0 Å². The van der Waals surface area contributed by atoms with Crippen molar-refractivity contribution in [2.24, 2.45) is 5.92 Å². The molecule has 1 atom stereocenters. The van der Waals surface area contributed by atoms with Crippen LogP contribution in [0.1, 0.15) is 49.6 Å². The van der Waals surface area contributed by atoms with Crippen LogP contribution in [0.4, 0.5) is 10.5 Å². The van der Waals surface area contributed by atoms with Crippen molar-refractivity contribution in [2.45, 2.75) is 52.0 Å². The number of amides is 2. The Morgan fingerprint density at radius 1 is 1.08 bits per heavy atom. The molecular formula is C29H33N3O4. The van der Waals surface area contributed by atoms with E-state index in [1.807, 2.05) is 24.3 Å². The molecule has 1 heterocycles. The predicted octanol–water partition coefficient (Wildman–Crippen LogP) is 6.02. The van der Waals surface area contributed by atoms with E-state index in [1.54, 1.807) is 18.3 Å². The number of carbonyl (C=O) groups is 2. The molecule has 0 fully saturated rings. The smallest absolute Gasteiger partial charge is 0.407 e. The summed E-state index contributed by atoms with van der Waals surface area (Å²) in [5.74, 6) is 1.20. The molecule has 1 aliphatic carbocycles. The van der Waals surface area contributed by atoms with Crippen molar-refractivity contribution < 1.29 is 19.4 Å². The molecule has 0 radical (unpaired) electrons. The van der Waals surface area contributed by atoms with E-state index in [0.29, 0.717) is 23.6 Å². The van der Waals surface area contributed by atoms with Gasteiger partial charge in [-0.3, -0.25) is 9.78 Å². The van der Waals surface area contributed by atoms with Crippen LogP contribution in [0.5, 0.6) is 11.5 Å². The Kier molecular flexibility index (Phi) is 7.29. The number of fused-ring (bicyclic) bond motifs is 1. The van der Waals surface area contributed by atoms with Gasteiger partial charge in [-0.2, -0.15) is 0 Å². The second-order valence-corrected chi connectivity index (χ2v) is 10.4. The monoisotopic (exact) mass is 487 g/mol. The number of anilines is 1. The van der Waals surface area contributed by atoms with Gasteiger partial charge in [-0.15, -0.1) is 0 Å². The lowest BCUT2D eigenvalue weighted by atomic mass is 9.83. The minimum atomic E-state index is -1.02. The Balaban J connectivity index is 1.43. The quantitative estimate of drug-likeness (QED) is 0.443. The molecule has 2 aromatic carbocycles. The molecule has 36 heavy (non-hydrogen) atoms. The number of rotatable bonds is 6. The molecule has 2 amide bonds. The van der Waals surface area contributed by atoms with Crippen LogP contribution in [-0.4, -0.2) is 34.0 Å². The standard InChI is InChI=1S/C29H33N3O4/c1-29(2,3)22-6-5-7-23(16-22)31-27(33)20-9-8-19-10-11-25(15-21(19)14-20)36-26-12-13-30-24(17-26)18-32(4)28(34)35/h5-7,10-13,15-17,20H,8-9,14,18H2,1-4H3,(H,31,33)(H,34,35). The number of carbonyl (C=O) groups excluding carboxylic acids is 1. The zero-order valence-electron chi connectivity index (χ0n) is 21.2. The molecule has 7 nitrogen and oxygen atoms in total. The maximum atomic E-state index is 13.1. The molecule has 1 unspecified atom stereocenters. The Bertz CT molecular complexity index is 1270. The summed E-state index contributed by atoms with van der Waals surface area (Å²) >= 11 is 0. The summed E-state index contributed by atoms with van der Waals surface area (Å²) in [7, 11) is 1.49. The van der Waals surface area contributed by atoms with Gasteiger partial charge in [0.1, 0.15) is 11.5 Å². The van der Waals surface area contributed by atoms with Crippen molar-refractivity contribution in [1.29, 1.82) is 0 Å². The minimum absolute atomic E-state index is 0.0165. The SMILES string of the molecule is CN(Cc1cc(Oc2ccc3c(c2)CC(C(=O)Nc2cccc(C(C)(C)C)c2)CC3)ccn1)C(=O)O. The van der Waals surface area contributed by atoms with Gasteiger partial charge in [0.25, 0.3) is 0 Å². The zero-order chi connectivity index (χ0) is 25.9. The lowest BCUT2D eigenvalue weighted by Crippen LogP contribution is -2.28. The van der Waals surface area contributed by atoms with Crippen molar-refractivity contribution in [1.82, 2.24) is 9.88 Å². The Labute approximate surface area is 212 Å². The number of nitrogens with zero attached hydrogens (tertiary/aromatic N) is 2. The van der Waals surface area contributed by atoms with Gasteiger partial charge in [0.15, 0.2) is 0 Å². The Morgan fingerprint density at radius 3 is 2.61 bits per heavy atom. The highest BCUT2D eigenvalue weighted by Gasteiger charge is 2.25. The molecule has 1 aromatic heterocycles. The van der Waals surface area contributed by atoms with E-state index in [-0.39, 0.29) is 23.8 Å². The van der Waals surface area contributed by atoms with Crippen molar-refractivity contribution >= 4 is 17.7 Å². The molecule has 0 bridgehead atoms. The first-order valence-electron chi connectivity index (χ1n) is 12.2. The van der Waals surface area contributed by atoms with E-state index in [4.69, 9.17) is 9.84 Å². The average Bonchev–Trinajstić information content (AvgIpc) is 2.83. The third-order valence-electron chi connectivity index (χ3n) is 6.52. The third-order valence-corrected chi connectivity index (χ3v) is 6.52. The van der Waals surface area contributed by atoms with Crippen molar-refractivity contribution in [2.75, 3.05) is 12.4 Å². The lowest BCUT2D eigenvalue weighted by Gasteiger charge is -2.25. The summed E-state index contributed by atoms with van der Waals surface area (Å²) < 4.78 is 6.06. The highest BCUT2D eigenvalue weighted by atomic mass is 16.5. The molecule has 4 rings (SSSR count). The first-order valence-corrected chi connectivity index (χ1v) is 12.2. The maximum absolute atomic E-state index is 13.1. The number of carboxylic acid groups (broad SMARTS) is 1. The normalized spacial score (nSPS) is 15.1. The minimum Gasteiger partial charge on any atom is -0.465 e. The van der Waals surface area contributed by atoms with E-state index < -0.39 is 6.09 Å². The largest absolute Gasteiger partial charge is 0.465 e. The summed E-state index contributed by atoms with van der Waals surface area (Å²) in [5.41, 5.74) is 4.98. The second-order valence-electron chi connectivity index (χ2n) is 10.4. The van der Waals surface area contributed by atoms with Gasteiger partial charge in [-0.25, -0.2) is 4.79 Å². The maximum Gasteiger partial charge on any atom is 0.407 e. The molecule has 0 spiro atoms. The fourth-order valence-corrected chi connectivity index (χ4v) is 4.38. The Morgan fingerprint density at radius 2 is 1.86 bits per heavy atom. The molecule has 188 valence electrons. The highest BCUT2D eigenvalue weighted by molar-refractivity contribution is 5.93. The number of aryl methyl sites for hydroxylation is 1. The van der Waals surface area contributed by atoms with E-state index in [2.05, 4.69) is 49.3 Å². The molecule has 0 aliphatic heterocycles. The van der Waals surface area contributed by atoms with Crippen LogP contribution >= 0.6 is 0 Å².